The molecule has 1 saturated carbocycles. The van der Waals surface area contributed by atoms with Gasteiger partial charge in [-0.1, -0.05) is 29.8 Å². The number of rotatable bonds is 8. The summed E-state index contributed by atoms with van der Waals surface area (Å²) in [5.74, 6) is -0.758. The van der Waals surface area contributed by atoms with E-state index in [1.165, 1.54) is 0 Å². The smallest absolute Gasteiger partial charge is 0.307 e. The Kier molecular flexibility index (Phi) is 7.16. The van der Waals surface area contributed by atoms with Gasteiger partial charge in [-0.15, -0.1) is 5.10 Å². The second-order valence-electron chi connectivity index (χ2n) is 10.2. The van der Waals surface area contributed by atoms with Crippen molar-refractivity contribution in [1.29, 1.82) is 5.26 Å². The van der Waals surface area contributed by atoms with E-state index in [-0.39, 0.29) is 17.9 Å². The molecule has 2 N–H and O–H groups in total. The number of anilines is 1. The van der Waals surface area contributed by atoms with Crippen LogP contribution in [0.2, 0.25) is 0 Å². The third-order valence-electron chi connectivity index (χ3n) is 7.44. The monoisotopic (exact) mass is 536 g/mol. The van der Waals surface area contributed by atoms with Crippen LogP contribution < -0.4 is 5.32 Å². The van der Waals surface area contributed by atoms with Crippen LogP contribution in [0.4, 0.5) is 5.95 Å². The second kappa shape index (κ2) is 11.2. The van der Waals surface area contributed by atoms with E-state index in [2.05, 4.69) is 21.7 Å². The normalized spacial score (nSPS) is 20.3. The predicted octanol–water partition coefficient (Wildman–Crippen LogP) is 3.89. The van der Waals surface area contributed by atoms with Crippen molar-refractivity contribution in [3.05, 3.63) is 71.7 Å². The summed E-state index contributed by atoms with van der Waals surface area (Å²) >= 11 is 0. The number of carboxylic acids is 1. The first-order valence-corrected chi connectivity index (χ1v) is 13.4. The molecule has 4 aromatic rings. The first-order valence-electron chi connectivity index (χ1n) is 13.4. The molecule has 6 rings (SSSR count). The van der Waals surface area contributed by atoms with E-state index in [1.54, 1.807) is 16.8 Å². The van der Waals surface area contributed by atoms with Crippen LogP contribution in [0.1, 0.15) is 48.6 Å². The van der Waals surface area contributed by atoms with Crippen LogP contribution in [0.15, 0.2) is 54.7 Å². The molecule has 4 heterocycles. The number of nitrogens with one attached hydrogen (secondary N) is 1. The van der Waals surface area contributed by atoms with Gasteiger partial charge in [0.25, 0.3) is 0 Å². The van der Waals surface area contributed by atoms with Gasteiger partial charge in [-0.3, -0.25) is 9.78 Å². The molecule has 2 fully saturated rings. The lowest BCUT2D eigenvalue weighted by Crippen LogP contribution is -2.20. The minimum atomic E-state index is -0.756. The summed E-state index contributed by atoms with van der Waals surface area (Å²) in [5.41, 5.74) is 4.77. The van der Waals surface area contributed by atoms with Crippen LogP contribution in [0.3, 0.4) is 0 Å². The molecular formula is C29H28N8O3. The van der Waals surface area contributed by atoms with Crippen LogP contribution in [0, 0.1) is 17.2 Å². The minimum Gasteiger partial charge on any atom is -0.481 e. The summed E-state index contributed by atoms with van der Waals surface area (Å²) in [7, 11) is 0. The highest BCUT2D eigenvalue weighted by Gasteiger charge is 2.34. The maximum absolute atomic E-state index is 11.7. The van der Waals surface area contributed by atoms with Crippen LogP contribution in [0.25, 0.3) is 22.6 Å². The van der Waals surface area contributed by atoms with E-state index in [0.717, 1.165) is 36.2 Å². The SMILES string of the molecule is N#Cc1cccc(-c2cc(-c3cn(Cc4cccc([C@H]5CCC[C@H]5C(=O)O)n4)nn3)nc(N[C@@H]3CCOC3)n2)c1. The molecule has 1 saturated heterocycles. The number of hydrogen-bond donors (Lipinski definition) is 2. The van der Waals surface area contributed by atoms with E-state index in [9.17, 15) is 15.2 Å². The van der Waals surface area contributed by atoms with Gasteiger partial charge in [-0.25, -0.2) is 14.6 Å². The lowest BCUT2D eigenvalue weighted by Gasteiger charge is -2.15. The van der Waals surface area contributed by atoms with Crippen molar-refractivity contribution in [2.75, 3.05) is 18.5 Å². The number of nitriles is 1. The Morgan fingerprint density at radius 2 is 1.95 bits per heavy atom. The highest BCUT2D eigenvalue weighted by Crippen LogP contribution is 2.39. The Labute approximate surface area is 230 Å². The third kappa shape index (κ3) is 5.53. The number of nitrogens with zero attached hydrogens (tertiary/aromatic N) is 7. The quantitative estimate of drug-likeness (QED) is 0.339. The van der Waals surface area contributed by atoms with Crippen LogP contribution in [0.5, 0.6) is 0 Å². The van der Waals surface area contributed by atoms with Gasteiger partial charge < -0.3 is 15.2 Å². The molecule has 11 heteroatoms. The second-order valence-corrected chi connectivity index (χ2v) is 10.2. The molecule has 0 unspecified atom stereocenters. The minimum absolute atomic E-state index is 0.0704. The number of pyridine rings is 1. The number of aromatic nitrogens is 6. The Bertz CT molecular complexity index is 1570. The average molecular weight is 537 g/mol. The van der Waals surface area contributed by atoms with Gasteiger partial charge in [0.1, 0.15) is 5.69 Å². The fraction of sp³-hybridized carbons (Fsp3) is 0.345. The zero-order valence-electron chi connectivity index (χ0n) is 21.8. The number of ether oxygens (including phenoxy) is 1. The topological polar surface area (TPSA) is 152 Å². The zero-order chi connectivity index (χ0) is 27.5. The number of hydrogen-bond acceptors (Lipinski definition) is 9. The number of benzene rings is 1. The standard InChI is InChI=1S/C29H28N8O3/c30-14-18-4-1-5-19(12-18)25-13-26(34-29(33-25)32-21-10-11-40-17-21)27-16-37(36-35-27)15-20-6-2-9-24(31-20)22-7-3-8-23(22)28(38)39/h1-2,4-6,9,12-13,16,21-23H,3,7-8,10-11,15,17H2,(H,38,39)(H,32,33,34)/t21-,22+,23-/m1/s1. The maximum atomic E-state index is 11.7. The molecule has 1 aliphatic heterocycles. The molecule has 0 spiro atoms. The summed E-state index contributed by atoms with van der Waals surface area (Å²) in [5, 5.41) is 31.0. The van der Waals surface area contributed by atoms with Crippen molar-refractivity contribution < 1.29 is 14.6 Å². The molecule has 11 nitrogen and oxygen atoms in total. The Morgan fingerprint density at radius 3 is 2.77 bits per heavy atom. The largest absolute Gasteiger partial charge is 0.481 e. The number of carbonyl (C=O) groups is 1. The number of aliphatic carboxylic acids is 1. The molecule has 40 heavy (non-hydrogen) atoms. The van der Waals surface area contributed by atoms with E-state index >= 15 is 0 Å². The lowest BCUT2D eigenvalue weighted by molar-refractivity contribution is -0.142. The number of carboxylic acid groups (broad SMARTS) is 1. The molecule has 2 aliphatic rings. The first-order chi connectivity index (χ1) is 19.6. The van der Waals surface area contributed by atoms with Crippen LogP contribution >= 0.6 is 0 Å². The van der Waals surface area contributed by atoms with Gasteiger partial charge in [0.15, 0.2) is 0 Å². The fourth-order valence-corrected chi connectivity index (χ4v) is 5.43. The van der Waals surface area contributed by atoms with Crippen molar-refractivity contribution in [2.45, 2.75) is 44.2 Å². The van der Waals surface area contributed by atoms with Crippen molar-refractivity contribution in [3.8, 4) is 28.7 Å². The van der Waals surface area contributed by atoms with Gasteiger partial charge in [0, 0.05) is 23.8 Å². The van der Waals surface area contributed by atoms with Gasteiger partial charge >= 0.3 is 5.97 Å². The summed E-state index contributed by atoms with van der Waals surface area (Å²) in [4.78, 5) is 25.9. The maximum Gasteiger partial charge on any atom is 0.307 e. The lowest BCUT2D eigenvalue weighted by atomic mass is 9.92. The summed E-state index contributed by atoms with van der Waals surface area (Å²) in [6.45, 7) is 1.66. The highest BCUT2D eigenvalue weighted by atomic mass is 16.5. The molecule has 1 aromatic carbocycles. The van der Waals surface area contributed by atoms with Crippen LogP contribution in [-0.4, -0.2) is 60.3 Å². The molecule has 0 radical (unpaired) electrons. The van der Waals surface area contributed by atoms with Crippen molar-refractivity contribution >= 4 is 11.9 Å². The highest BCUT2D eigenvalue weighted by molar-refractivity contribution is 5.72. The predicted molar refractivity (Wildman–Crippen MR) is 145 cm³/mol. The summed E-state index contributed by atoms with van der Waals surface area (Å²) < 4.78 is 7.19. The van der Waals surface area contributed by atoms with E-state index in [0.29, 0.717) is 54.8 Å². The van der Waals surface area contributed by atoms with E-state index in [1.807, 2.05) is 42.6 Å². The average Bonchev–Trinajstić information content (AvgIpc) is 3.76. The first kappa shape index (κ1) is 25.6. The fourth-order valence-electron chi connectivity index (χ4n) is 5.43. The Morgan fingerprint density at radius 1 is 1.07 bits per heavy atom. The van der Waals surface area contributed by atoms with Gasteiger partial charge in [0.05, 0.1) is 60.0 Å². The zero-order valence-corrected chi connectivity index (χ0v) is 21.8. The Balaban J connectivity index is 1.27. The molecule has 1 aliphatic carbocycles. The van der Waals surface area contributed by atoms with Gasteiger partial charge in [-0.05, 0) is 49.6 Å². The molecule has 0 amide bonds. The van der Waals surface area contributed by atoms with Crippen LogP contribution in [-0.2, 0) is 16.1 Å². The molecule has 3 atom stereocenters. The third-order valence-corrected chi connectivity index (χ3v) is 7.44. The van der Waals surface area contributed by atoms with Crippen molar-refractivity contribution in [1.82, 2.24) is 29.9 Å². The van der Waals surface area contributed by atoms with Crippen molar-refractivity contribution in [2.24, 2.45) is 5.92 Å². The molecule has 3 aromatic heterocycles. The molecule has 202 valence electrons. The molecule has 0 bridgehead atoms. The Hall–Kier alpha value is -4.69. The van der Waals surface area contributed by atoms with Gasteiger partial charge in [-0.2, -0.15) is 5.26 Å². The summed E-state index contributed by atoms with van der Waals surface area (Å²) in [6, 6.07) is 17.2. The molecular weight excluding hydrogens is 508 g/mol. The van der Waals surface area contributed by atoms with Gasteiger partial charge in [0.2, 0.25) is 5.95 Å². The van der Waals surface area contributed by atoms with E-state index < -0.39 is 5.97 Å². The summed E-state index contributed by atoms with van der Waals surface area (Å²) in [6.07, 6.45) is 5.09. The van der Waals surface area contributed by atoms with Crippen molar-refractivity contribution in [3.63, 3.8) is 0 Å². The van der Waals surface area contributed by atoms with E-state index in [4.69, 9.17) is 19.7 Å².